The van der Waals surface area contributed by atoms with E-state index in [4.69, 9.17) is 18.4 Å². The van der Waals surface area contributed by atoms with Crippen LogP contribution in [-0.2, 0) is 19.5 Å². The van der Waals surface area contributed by atoms with Crippen LogP contribution in [0.4, 0.5) is 0 Å². The highest BCUT2D eigenvalue weighted by Crippen LogP contribution is 2.35. The van der Waals surface area contributed by atoms with Crippen LogP contribution in [0.15, 0.2) is 32.2 Å². The Morgan fingerprint density at radius 1 is 1.19 bits per heavy atom. The van der Waals surface area contributed by atoms with Crippen LogP contribution in [0.5, 0.6) is 0 Å². The second-order valence-corrected chi connectivity index (χ2v) is 8.55. The lowest BCUT2D eigenvalue weighted by Crippen LogP contribution is -2.50. The van der Waals surface area contributed by atoms with Gasteiger partial charge in [-0.15, -0.1) is 0 Å². The first-order valence-electron chi connectivity index (χ1n) is 8.73. The van der Waals surface area contributed by atoms with Gasteiger partial charge in [-0.2, -0.15) is 0 Å². The summed E-state index contributed by atoms with van der Waals surface area (Å²) in [6.45, 7) is 3.62. The maximum atomic E-state index is 12.7. The number of nitrogens with one attached hydrogen (secondary N) is 1. The molecule has 1 spiro atoms. The number of aromatic nitrogens is 1. The second kappa shape index (κ2) is 6.80. The molecule has 8 nitrogen and oxygen atoms in total. The third-order valence-corrected chi connectivity index (χ3v) is 6.33. The molecule has 0 aliphatic carbocycles. The van der Waals surface area contributed by atoms with Crippen molar-refractivity contribution in [1.82, 2.24) is 9.88 Å². The number of rotatable bonds is 4. The highest BCUT2D eigenvalue weighted by atomic mass is 32.2. The van der Waals surface area contributed by atoms with Gasteiger partial charge in [0.05, 0.1) is 11.3 Å². The highest BCUT2D eigenvalue weighted by molar-refractivity contribution is 7.89. The van der Waals surface area contributed by atoms with Crippen LogP contribution in [0, 0.1) is 6.92 Å². The molecule has 2 aromatic rings. The van der Waals surface area contributed by atoms with Crippen LogP contribution < -0.4 is 4.72 Å². The zero-order valence-electron chi connectivity index (χ0n) is 14.6. The molecule has 2 fully saturated rings. The number of hydrogen-bond donors (Lipinski definition) is 1. The molecule has 0 unspecified atom stereocenters. The van der Waals surface area contributed by atoms with Gasteiger partial charge in [-0.25, -0.2) is 13.1 Å². The van der Waals surface area contributed by atoms with Crippen molar-refractivity contribution in [1.29, 1.82) is 0 Å². The third kappa shape index (κ3) is 3.57. The molecule has 4 heterocycles. The van der Waals surface area contributed by atoms with Crippen molar-refractivity contribution in [2.24, 2.45) is 0 Å². The molecule has 1 atom stereocenters. The predicted octanol–water partition coefficient (Wildman–Crippen LogP) is 2.25. The topological polar surface area (TPSA) is 104 Å². The summed E-state index contributed by atoms with van der Waals surface area (Å²) in [6, 6.07) is 4.50. The molecular weight excluding hydrogens is 360 g/mol. The van der Waals surface area contributed by atoms with E-state index in [-0.39, 0.29) is 16.7 Å². The van der Waals surface area contributed by atoms with Gasteiger partial charge in [0.15, 0.2) is 5.76 Å². The van der Waals surface area contributed by atoms with Gasteiger partial charge in [0.1, 0.15) is 0 Å². The summed E-state index contributed by atoms with van der Waals surface area (Å²) < 4.78 is 50.1. The first-order chi connectivity index (χ1) is 12.5. The van der Waals surface area contributed by atoms with Gasteiger partial charge in [0.25, 0.3) is 10.0 Å². The molecule has 0 saturated carbocycles. The normalized spacial score (nSPS) is 23.3. The van der Waals surface area contributed by atoms with E-state index in [1.807, 2.05) is 0 Å². The molecule has 2 aromatic heterocycles. The molecule has 1 N–H and O–H groups in total. The highest BCUT2D eigenvalue weighted by Gasteiger charge is 2.40. The van der Waals surface area contributed by atoms with Gasteiger partial charge in [0.2, 0.25) is 10.9 Å². The molecule has 9 heteroatoms. The van der Waals surface area contributed by atoms with Gasteiger partial charge < -0.3 is 18.4 Å². The monoisotopic (exact) mass is 382 g/mol. The van der Waals surface area contributed by atoms with E-state index >= 15 is 0 Å². The smallest absolute Gasteiger partial charge is 0.274 e. The lowest BCUT2D eigenvalue weighted by atomic mass is 9.84. The van der Waals surface area contributed by atoms with Crippen molar-refractivity contribution in [3.63, 3.8) is 0 Å². The van der Waals surface area contributed by atoms with Crippen LogP contribution in [0.2, 0.25) is 0 Å². The van der Waals surface area contributed by atoms with Crippen molar-refractivity contribution in [2.75, 3.05) is 19.8 Å². The Balaban J connectivity index is 1.48. The average Bonchev–Trinajstić information content (AvgIpc) is 3.24. The summed E-state index contributed by atoms with van der Waals surface area (Å²) in [6.07, 6.45) is 2.86. The van der Waals surface area contributed by atoms with E-state index in [9.17, 15) is 8.42 Å². The predicted molar refractivity (Wildman–Crippen MR) is 91.0 cm³/mol. The number of hydrogen-bond acceptors (Lipinski definition) is 7. The van der Waals surface area contributed by atoms with E-state index in [0.717, 1.165) is 12.8 Å². The van der Waals surface area contributed by atoms with E-state index in [2.05, 4.69) is 9.88 Å². The van der Waals surface area contributed by atoms with E-state index in [0.29, 0.717) is 49.9 Å². The standard InChI is InChI=1S/C17H22N2O6S/c1-12-10-15(25-18-12)14-2-3-16(24-14)26(20,21)19-13-4-7-23-17(11-13)5-8-22-9-6-17/h2-3,10,13,19H,4-9,11H2,1H3/t13-/m0/s1. The fourth-order valence-corrected chi connectivity index (χ4v) is 4.78. The molecule has 2 aliphatic rings. The summed E-state index contributed by atoms with van der Waals surface area (Å²) >= 11 is 0. The lowest BCUT2D eigenvalue weighted by molar-refractivity contribution is -0.138. The number of ether oxygens (including phenoxy) is 2. The Kier molecular flexibility index (Phi) is 4.64. The number of sulfonamides is 1. The zero-order chi connectivity index (χ0) is 18.2. The number of aryl methyl sites for hydroxylation is 1. The van der Waals surface area contributed by atoms with Gasteiger partial charge in [-0.05, 0) is 44.7 Å². The molecular formula is C17H22N2O6S. The van der Waals surface area contributed by atoms with Gasteiger partial charge in [0, 0.05) is 31.9 Å². The minimum atomic E-state index is -3.76. The summed E-state index contributed by atoms with van der Waals surface area (Å²) in [5, 5.41) is 3.65. The van der Waals surface area contributed by atoms with Crippen molar-refractivity contribution >= 4 is 10.0 Å². The van der Waals surface area contributed by atoms with Crippen molar-refractivity contribution in [3.05, 3.63) is 23.9 Å². The first-order valence-corrected chi connectivity index (χ1v) is 10.2. The van der Waals surface area contributed by atoms with Crippen molar-refractivity contribution in [3.8, 4) is 11.5 Å². The lowest BCUT2D eigenvalue weighted by Gasteiger charge is -2.43. The average molecular weight is 382 g/mol. The summed E-state index contributed by atoms with van der Waals surface area (Å²) in [5.41, 5.74) is 0.415. The Morgan fingerprint density at radius 2 is 2.00 bits per heavy atom. The minimum Gasteiger partial charge on any atom is -0.440 e. The van der Waals surface area contributed by atoms with Crippen LogP contribution in [-0.4, -0.2) is 45.0 Å². The molecule has 0 aromatic carbocycles. The van der Waals surface area contributed by atoms with Crippen LogP contribution in [0.25, 0.3) is 11.5 Å². The van der Waals surface area contributed by atoms with Gasteiger partial charge >= 0.3 is 0 Å². The zero-order valence-corrected chi connectivity index (χ0v) is 15.4. The molecule has 26 heavy (non-hydrogen) atoms. The molecule has 2 saturated heterocycles. The van der Waals surface area contributed by atoms with Crippen LogP contribution >= 0.6 is 0 Å². The summed E-state index contributed by atoms with van der Waals surface area (Å²) in [4.78, 5) is 0. The molecule has 0 bridgehead atoms. The fourth-order valence-electron chi connectivity index (χ4n) is 3.57. The molecule has 0 amide bonds. The quantitative estimate of drug-likeness (QED) is 0.865. The molecule has 0 radical (unpaired) electrons. The number of furan rings is 1. The summed E-state index contributed by atoms with van der Waals surface area (Å²) in [7, 11) is -3.76. The van der Waals surface area contributed by atoms with E-state index < -0.39 is 10.0 Å². The van der Waals surface area contributed by atoms with Gasteiger partial charge in [-0.1, -0.05) is 5.16 Å². The maximum Gasteiger partial charge on any atom is 0.274 e. The van der Waals surface area contributed by atoms with E-state index in [1.54, 1.807) is 19.1 Å². The molecule has 2 aliphatic heterocycles. The molecule has 142 valence electrons. The third-order valence-electron chi connectivity index (χ3n) is 4.94. The SMILES string of the molecule is Cc1cc(-c2ccc(S(=O)(=O)N[C@H]3CCOC4(CCOCC4)C3)o2)on1. The minimum absolute atomic E-state index is 0.130. The first kappa shape index (κ1) is 17.7. The van der Waals surface area contributed by atoms with Gasteiger partial charge in [-0.3, -0.25) is 0 Å². The Bertz CT molecular complexity index is 860. The summed E-state index contributed by atoms with van der Waals surface area (Å²) in [5.74, 6) is 0.732. The van der Waals surface area contributed by atoms with Crippen LogP contribution in [0.1, 0.15) is 31.4 Å². The fraction of sp³-hybridized carbons (Fsp3) is 0.588. The second-order valence-electron chi connectivity index (χ2n) is 6.91. The Morgan fingerprint density at radius 3 is 2.73 bits per heavy atom. The van der Waals surface area contributed by atoms with Crippen molar-refractivity contribution < 1.29 is 26.8 Å². The molecule has 4 rings (SSSR count). The number of nitrogens with zero attached hydrogens (tertiary/aromatic N) is 1. The largest absolute Gasteiger partial charge is 0.440 e. The Hall–Kier alpha value is -1.68. The van der Waals surface area contributed by atoms with Crippen molar-refractivity contribution in [2.45, 2.75) is 49.3 Å². The van der Waals surface area contributed by atoms with Crippen LogP contribution in [0.3, 0.4) is 0 Å². The Labute approximate surface area is 151 Å². The van der Waals surface area contributed by atoms with E-state index in [1.165, 1.54) is 6.07 Å². The maximum absolute atomic E-state index is 12.7.